The largest absolute Gasteiger partial charge is 0.308 e. The zero-order chi connectivity index (χ0) is 14.8. The van der Waals surface area contributed by atoms with Crippen molar-refractivity contribution in [2.75, 3.05) is 13.1 Å². The maximum absolute atomic E-state index is 4.67. The van der Waals surface area contributed by atoms with E-state index in [1.54, 1.807) is 0 Å². The van der Waals surface area contributed by atoms with E-state index >= 15 is 0 Å². The van der Waals surface area contributed by atoms with E-state index in [1.165, 1.54) is 18.5 Å². The summed E-state index contributed by atoms with van der Waals surface area (Å²) >= 11 is 0. The van der Waals surface area contributed by atoms with Crippen LogP contribution in [0.25, 0.3) is 0 Å². The van der Waals surface area contributed by atoms with Crippen LogP contribution in [0.4, 0.5) is 0 Å². The van der Waals surface area contributed by atoms with Gasteiger partial charge in [0, 0.05) is 36.4 Å². The van der Waals surface area contributed by atoms with Crippen molar-refractivity contribution in [3.63, 3.8) is 0 Å². The van der Waals surface area contributed by atoms with E-state index in [0.29, 0.717) is 0 Å². The Morgan fingerprint density at radius 2 is 1.95 bits per heavy atom. The molecule has 0 saturated carbocycles. The van der Waals surface area contributed by atoms with Crippen LogP contribution in [0, 0.1) is 6.92 Å². The van der Waals surface area contributed by atoms with Gasteiger partial charge in [-0.3, -0.25) is 9.88 Å². The Morgan fingerprint density at radius 1 is 1.25 bits per heavy atom. The molecule has 1 aliphatic heterocycles. The first-order valence-electron chi connectivity index (χ1n) is 7.83. The van der Waals surface area contributed by atoms with E-state index in [9.17, 15) is 0 Å². The van der Waals surface area contributed by atoms with Crippen molar-refractivity contribution in [1.29, 1.82) is 0 Å². The quantitative estimate of drug-likeness (QED) is 0.915. The minimum absolute atomic E-state index is 0.180. The molecular formula is C17H29N3. The van der Waals surface area contributed by atoms with Crippen LogP contribution in [-0.2, 0) is 6.54 Å². The first-order chi connectivity index (χ1) is 9.41. The highest BCUT2D eigenvalue weighted by Crippen LogP contribution is 2.29. The highest BCUT2D eigenvalue weighted by atomic mass is 15.3. The third kappa shape index (κ3) is 3.21. The van der Waals surface area contributed by atoms with Crippen molar-refractivity contribution in [2.24, 2.45) is 0 Å². The number of piperazine rings is 1. The molecule has 1 aromatic heterocycles. The van der Waals surface area contributed by atoms with E-state index in [0.717, 1.165) is 25.3 Å². The average Bonchev–Trinajstić information content (AvgIpc) is 2.42. The third-order valence-electron chi connectivity index (χ3n) is 4.90. The predicted molar refractivity (Wildman–Crippen MR) is 84.8 cm³/mol. The number of hydrogen-bond acceptors (Lipinski definition) is 3. The second-order valence-electron chi connectivity index (χ2n) is 6.78. The second-order valence-corrected chi connectivity index (χ2v) is 6.78. The van der Waals surface area contributed by atoms with E-state index in [-0.39, 0.29) is 11.1 Å². The Morgan fingerprint density at radius 3 is 2.55 bits per heavy atom. The number of nitrogens with one attached hydrogen (secondary N) is 1. The van der Waals surface area contributed by atoms with Gasteiger partial charge in [0.1, 0.15) is 0 Å². The van der Waals surface area contributed by atoms with Crippen LogP contribution in [0.15, 0.2) is 18.2 Å². The van der Waals surface area contributed by atoms with Gasteiger partial charge in [0.25, 0.3) is 0 Å². The fourth-order valence-corrected chi connectivity index (χ4v) is 3.03. The Balaban J connectivity index is 2.18. The van der Waals surface area contributed by atoms with Crippen LogP contribution in [0.3, 0.4) is 0 Å². The minimum atomic E-state index is 0.180. The standard InChI is InChI=1S/C17H29N3/c1-6-17(7-2)13-20(16(4,5)12-18-17)11-15-10-8-9-14(3)19-15/h8-10,18H,6-7,11-13H2,1-5H3. The minimum Gasteiger partial charge on any atom is -0.308 e. The van der Waals surface area contributed by atoms with Crippen LogP contribution >= 0.6 is 0 Å². The molecule has 0 aliphatic carbocycles. The first kappa shape index (κ1) is 15.5. The molecule has 1 saturated heterocycles. The van der Waals surface area contributed by atoms with Crippen molar-refractivity contribution >= 4 is 0 Å². The number of hydrogen-bond donors (Lipinski definition) is 1. The molecule has 2 heterocycles. The molecule has 0 bridgehead atoms. The molecule has 0 radical (unpaired) electrons. The second kappa shape index (κ2) is 5.82. The zero-order valence-corrected chi connectivity index (χ0v) is 13.7. The SMILES string of the molecule is CCC1(CC)CN(Cc2cccc(C)n2)C(C)(C)CN1. The highest BCUT2D eigenvalue weighted by molar-refractivity contribution is 5.11. The molecular weight excluding hydrogens is 246 g/mol. The summed E-state index contributed by atoms with van der Waals surface area (Å²) in [5.41, 5.74) is 2.73. The third-order valence-corrected chi connectivity index (χ3v) is 4.90. The van der Waals surface area contributed by atoms with E-state index < -0.39 is 0 Å². The zero-order valence-electron chi connectivity index (χ0n) is 13.7. The summed E-state index contributed by atoms with van der Waals surface area (Å²) in [4.78, 5) is 7.27. The maximum atomic E-state index is 4.67. The molecule has 0 atom stereocenters. The van der Waals surface area contributed by atoms with Crippen LogP contribution in [-0.4, -0.2) is 34.1 Å². The van der Waals surface area contributed by atoms with Gasteiger partial charge in [0.05, 0.1) is 5.69 Å². The molecule has 1 fully saturated rings. The van der Waals surface area contributed by atoms with Gasteiger partial charge < -0.3 is 5.32 Å². The molecule has 112 valence electrons. The lowest BCUT2D eigenvalue weighted by Crippen LogP contribution is -2.67. The normalized spacial score (nSPS) is 21.9. The van der Waals surface area contributed by atoms with Crippen molar-refractivity contribution < 1.29 is 0 Å². The summed E-state index contributed by atoms with van der Waals surface area (Å²) in [6, 6.07) is 6.32. The van der Waals surface area contributed by atoms with Crippen LogP contribution in [0.2, 0.25) is 0 Å². The first-order valence-corrected chi connectivity index (χ1v) is 7.83. The molecule has 0 spiro atoms. The fraction of sp³-hybridized carbons (Fsp3) is 0.706. The van der Waals surface area contributed by atoms with E-state index in [2.05, 4.69) is 68.0 Å². The van der Waals surface area contributed by atoms with Gasteiger partial charge in [-0.1, -0.05) is 19.9 Å². The fourth-order valence-electron chi connectivity index (χ4n) is 3.03. The molecule has 20 heavy (non-hydrogen) atoms. The van der Waals surface area contributed by atoms with E-state index in [4.69, 9.17) is 0 Å². The van der Waals surface area contributed by atoms with Gasteiger partial charge in [-0.25, -0.2) is 0 Å². The molecule has 1 aromatic rings. The predicted octanol–water partition coefficient (Wildman–Crippen LogP) is 3.13. The number of aromatic nitrogens is 1. The van der Waals surface area contributed by atoms with Crippen molar-refractivity contribution in [1.82, 2.24) is 15.2 Å². The molecule has 1 aliphatic rings. The molecule has 1 N–H and O–H groups in total. The number of pyridine rings is 1. The Kier molecular flexibility index (Phi) is 4.50. The number of nitrogens with zero attached hydrogens (tertiary/aromatic N) is 2. The average molecular weight is 275 g/mol. The summed E-state index contributed by atoms with van der Waals surface area (Å²) in [6.45, 7) is 14.4. The van der Waals surface area contributed by atoms with Gasteiger partial charge in [0.2, 0.25) is 0 Å². The van der Waals surface area contributed by atoms with Gasteiger partial charge in [-0.2, -0.15) is 0 Å². The van der Waals surface area contributed by atoms with Gasteiger partial charge in [-0.05, 0) is 45.7 Å². The van der Waals surface area contributed by atoms with Crippen LogP contribution < -0.4 is 5.32 Å². The van der Waals surface area contributed by atoms with Crippen LogP contribution in [0.1, 0.15) is 51.9 Å². The summed E-state index contributed by atoms with van der Waals surface area (Å²) in [5, 5.41) is 3.79. The van der Waals surface area contributed by atoms with Crippen LogP contribution in [0.5, 0.6) is 0 Å². The highest BCUT2D eigenvalue weighted by Gasteiger charge is 2.40. The lowest BCUT2D eigenvalue weighted by molar-refractivity contribution is 0.0153. The van der Waals surface area contributed by atoms with Crippen molar-refractivity contribution in [3.05, 3.63) is 29.6 Å². The topological polar surface area (TPSA) is 28.2 Å². The summed E-state index contributed by atoms with van der Waals surface area (Å²) in [6.07, 6.45) is 2.36. The Labute approximate surface area is 123 Å². The molecule has 0 amide bonds. The molecule has 0 aromatic carbocycles. The summed E-state index contributed by atoms with van der Waals surface area (Å²) in [7, 11) is 0. The van der Waals surface area contributed by atoms with Gasteiger partial charge in [0.15, 0.2) is 0 Å². The lowest BCUT2D eigenvalue weighted by Gasteiger charge is -2.51. The number of rotatable bonds is 4. The molecule has 2 rings (SSSR count). The molecule has 3 nitrogen and oxygen atoms in total. The monoisotopic (exact) mass is 275 g/mol. The van der Waals surface area contributed by atoms with Gasteiger partial charge in [-0.15, -0.1) is 0 Å². The molecule has 3 heteroatoms. The van der Waals surface area contributed by atoms with E-state index in [1.807, 2.05) is 0 Å². The van der Waals surface area contributed by atoms with Crippen molar-refractivity contribution in [3.8, 4) is 0 Å². The summed E-state index contributed by atoms with van der Waals surface area (Å²) < 4.78 is 0. The maximum Gasteiger partial charge on any atom is 0.0547 e. The van der Waals surface area contributed by atoms with Gasteiger partial charge >= 0.3 is 0 Å². The molecule has 0 unspecified atom stereocenters. The Hall–Kier alpha value is -0.930. The van der Waals surface area contributed by atoms with Crippen molar-refractivity contribution in [2.45, 2.75) is 65.1 Å². The smallest absolute Gasteiger partial charge is 0.0547 e. The summed E-state index contributed by atoms with van der Waals surface area (Å²) in [5.74, 6) is 0. The Bertz CT molecular complexity index is 449. The lowest BCUT2D eigenvalue weighted by atomic mass is 9.85. The number of aryl methyl sites for hydroxylation is 1.